The van der Waals surface area contributed by atoms with Crippen molar-refractivity contribution in [2.75, 3.05) is 7.11 Å². The normalized spacial score (nSPS) is 12.2. The lowest BCUT2D eigenvalue weighted by Crippen LogP contribution is -2.28. The third-order valence-corrected chi connectivity index (χ3v) is 2.37. The number of hydrogen-bond acceptors (Lipinski definition) is 5. The molecule has 0 aliphatic heterocycles. The highest BCUT2D eigenvalue weighted by atomic mass is 32.2. The molecule has 1 rings (SSSR count). The number of ether oxygens (including phenoxy) is 1. The van der Waals surface area contributed by atoms with E-state index in [1.807, 2.05) is 0 Å². The minimum absolute atomic E-state index is 0.213. The zero-order chi connectivity index (χ0) is 12.4. The van der Waals surface area contributed by atoms with E-state index < -0.39 is 21.5 Å². The zero-order valence-corrected chi connectivity index (χ0v) is 8.67. The molecule has 0 aliphatic rings. The van der Waals surface area contributed by atoms with E-state index in [1.54, 1.807) is 0 Å². The average Bonchev–Trinajstić information content (AvgIpc) is 2.16. The fourth-order valence-corrected chi connectivity index (χ4v) is 1.17. The van der Waals surface area contributed by atoms with Gasteiger partial charge in [0.15, 0.2) is 5.75 Å². The van der Waals surface area contributed by atoms with Crippen LogP contribution in [0.5, 0.6) is 11.6 Å². The number of rotatable bonds is 3. The summed E-state index contributed by atoms with van der Waals surface area (Å²) in [7, 11) is -4.58. The summed E-state index contributed by atoms with van der Waals surface area (Å²) in [5.74, 6) is -0.974. The molecule has 90 valence electrons. The van der Waals surface area contributed by atoms with Crippen molar-refractivity contribution in [2.24, 2.45) is 0 Å². The van der Waals surface area contributed by atoms with Crippen LogP contribution in [-0.4, -0.2) is 26.0 Å². The number of aromatic nitrogens is 1. The third kappa shape index (κ3) is 2.54. The second-order valence-corrected chi connectivity index (χ2v) is 4.03. The van der Waals surface area contributed by atoms with Crippen molar-refractivity contribution in [1.29, 1.82) is 0 Å². The van der Waals surface area contributed by atoms with Crippen LogP contribution in [0.15, 0.2) is 18.3 Å². The predicted octanol–water partition coefficient (Wildman–Crippen LogP) is 1.32. The molecule has 0 unspecified atom stereocenters. The maximum atomic E-state index is 12.0. The molecule has 1 heterocycles. The van der Waals surface area contributed by atoms with Crippen molar-refractivity contribution in [3.8, 4) is 11.6 Å². The van der Waals surface area contributed by atoms with E-state index in [1.165, 1.54) is 12.1 Å². The van der Waals surface area contributed by atoms with Gasteiger partial charge in [0.25, 0.3) is 5.88 Å². The Morgan fingerprint density at radius 2 is 2.00 bits per heavy atom. The van der Waals surface area contributed by atoms with Gasteiger partial charge in [0.1, 0.15) is 0 Å². The maximum absolute atomic E-state index is 12.0. The molecule has 0 fully saturated rings. The molecular formula is C7H6F3NO4S. The molecule has 0 aromatic carbocycles. The third-order valence-electron chi connectivity index (χ3n) is 1.43. The van der Waals surface area contributed by atoms with Crippen LogP contribution in [0, 0.1) is 0 Å². The van der Waals surface area contributed by atoms with E-state index in [-0.39, 0.29) is 5.75 Å². The lowest BCUT2D eigenvalue weighted by atomic mass is 10.4. The Bertz CT molecular complexity index is 471. The molecule has 9 heteroatoms. The molecule has 0 saturated carbocycles. The van der Waals surface area contributed by atoms with Crippen LogP contribution in [0.2, 0.25) is 0 Å². The number of alkyl halides is 3. The van der Waals surface area contributed by atoms with Crippen LogP contribution in [0.1, 0.15) is 0 Å². The molecule has 0 atom stereocenters. The van der Waals surface area contributed by atoms with Crippen molar-refractivity contribution in [3.05, 3.63) is 18.3 Å². The number of halogens is 3. The minimum Gasteiger partial charge on any atom is -0.491 e. The molecule has 0 amide bonds. The van der Waals surface area contributed by atoms with E-state index in [9.17, 15) is 21.6 Å². The Kier molecular flexibility index (Phi) is 3.27. The SMILES string of the molecule is COc1cccnc1OS(=O)(=O)C(F)(F)F. The van der Waals surface area contributed by atoms with Gasteiger partial charge in [0.05, 0.1) is 7.11 Å². The van der Waals surface area contributed by atoms with E-state index in [4.69, 9.17) is 0 Å². The van der Waals surface area contributed by atoms with Gasteiger partial charge >= 0.3 is 15.6 Å². The lowest BCUT2D eigenvalue weighted by Gasteiger charge is -2.10. The summed E-state index contributed by atoms with van der Waals surface area (Å²) in [6, 6.07) is 2.57. The number of hydrogen-bond donors (Lipinski definition) is 0. The number of nitrogens with zero attached hydrogens (tertiary/aromatic N) is 1. The van der Waals surface area contributed by atoms with Crippen LogP contribution < -0.4 is 8.92 Å². The zero-order valence-electron chi connectivity index (χ0n) is 7.85. The molecular weight excluding hydrogens is 251 g/mol. The first-order valence-corrected chi connectivity index (χ1v) is 5.18. The van der Waals surface area contributed by atoms with E-state index in [0.29, 0.717) is 0 Å². The lowest BCUT2D eigenvalue weighted by molar-refractivity contribution is -0.0501. The summed E-state index contributed by atoms with van der Waals surface area (Å²) in [5, 5.41) is 0. The van der Waals surface area contributed by atoms with Crippen LogP contribution in [0.25, 0.3) is 0 Å². The van der Waals surface area contributed by atoms with E-state index in [2.05, 4.69) is 13.9 Å². The van der Waals surface area contributed by atoms with Crippen LogP contribution in [0.3, 0.4) is 0 Å². The van der Waals surface area contributed by atoms with E-state index >= 15 is 0 Å². The van der Waals surface area contributed by atoms with Crippen LogP contribution in [0.4, 0.5) is 13.2 Å². The van der Waals surface area contributed by atoms with Gasteiger partial charge in [-0.15, -0.1) is 0 Å². The highest BCUT2D eigenvalue weighted by Crippen LogP contribution is 2.30. The van der Waals surface area contributed by atoms with Crippen molar-refractivity contribution in [2.45, 2.75) is 5.51 Å². The quantitative estimate of drug-likeness (QED) is 0.603. The molecule has 1 aromatic rings. The first-order chi connectivity index (χ1) is 7.28. The van der Waals surface area contributed by atoms with Crippen LogP contribution >= 0.6 is 0 Å². The molecule has 5 nitrogen and oxygen atoms in total. The molecule has 16 heavy (non-hydrogen) atoms. The molecule has 0 radical (unpaired) electrons. The largest absolute Gasteiger partial charge is 0.534 e. The van der Waals surface area contributed by atoms with E-state index in [0.717, 1.165) is 13.3 Å². The molecule has 0 bridgehead atoms. The first kappa shape index (κ1) is 12.6. The molecule has 1 aromatic heterocycles. The highest BCUT2D eigenvalue weighted by Gasteiger charge is 2.49. The van der Waals surface area contributed by atoms with Crippen molar-refractivity contribution >= 4 is 10.1 Å². The average molecular weight is 257 g/mol. The summed E-state index contributed by atoms with van der Waals surface area (Å²) in [6.07, 6.45) is 1.07. The second kappa shape index (κ2) is 4.16. The van der Waals surface area contributed by atoms with Gasteiger partial charge in [-0.05, 0) is 12.1 Å². The van der Waals surface area contributed by atoms with Gasteiger partial charge in [0.2, 0.25) is 0 Å². The predicted molar refractivity (Wildman–Crippen MR) is 46.4 cm³/mol. The Balaban J connectivity index is 3.06. The first-order valence-electron chi connectivity index (χ1n) is 3.77. The van der Waals surface area contributed by atoms with Gasteiger partial charge < -0.3 is 8.92 Å². The Morgan fingerprint density at radius 1 is 1.38 bits per heavy atom. The van der Waals surface area contributed by atoms with Gasteiger partial charge in [-0.1, -0.05) is 0 Å². The standard InChI is InChI=1S/C7H6F3NO4S/c1-14-5-3-2-4-11-6(5)15-16(12,13)7(8,9)10/h2-4H,1H3. The fraction of sp³-hybridized carbons (Fsp3) is 0.286. The topological polar surface area (TPSA) is 65.5 Å². The summed E-state index contributed by atoms with van der Waals surface area (Å²) >= 11 is 0. The van der Waals surface area contributed by atoms with Crippen molar-refractivity contribution in [3.63, 3.8) is 0 Å². The Morgan fingerprint density at radius 3 is 2.50 bits per heavy atom. The molecule has 0 saturated heterocycles. The summed E-state index contributed by atoms with van der Waals surface area (Å²) < 4.78 is 65.6. The Hall–Kier alpha value is -1.51. The molecule has 0 spiro atoms. The van der Waals surface area contributed by atoms with Gasteiger partial charge in [0, 0.05) is 6.20 Å². The van der Waals surface area contributed by atoms with Gasteiger partial charge in [-0.25, -0.2) is 4.98 Å². The number of methoxy groups -OCH3 is 1. The smallest absolute Gasteiger partial charge is 0.491 e. The Labute approximate surface area is 88.9 Å². The minimum atomic E-state index is -5.73. The second-order valence-electron chi connectivity index (χ2n) is 2.49. The number of pyridine rings is 1. The monoisotopic (exact) mass is 257 g/mol. The van der Waals surface area contributed by atoms with Crippen LogP contribution in [-0.2, 0) is 10.1 Å². The maximum Gasteiger partial charge on any atom is 0.534 e. The molecule has 0 aliphatic carbocycles. The van der Waals surface area contributed by atoms with Gasteiger partial charge in [-0.3, -0.25) is 0 Å². The molecule has 0 N–H and O–H groups in total. The summed E-state index contributed by atoms with van der Waals surface area (Å²) in [6.45, 7) is 0. The van der Waals surface area contributed by atoms with Gasteiger partial charge in [-0.2, -0.15) is 21.6 Å². The van der Waals surface area contributed by atoms with Crippen molar-refractivity contribution in [1.82, 2.24) is 4.98 Å². The van der Waals surface area contributed by atoms with Crippen molar-refractivity contribution < 1.29 is 30.5 Å². The summed E-state index contributed by atoms with van der Waals surface area (Å²) in [4.78, 5) is 3.32. The fourth-order valence-electron chi connectivity index (χ4n) is 0.745. The highest BCUT2D eigenvalue weighted by molar-refractivity contribution is 7.87. The summed E-state index contributed by atoms with van der Waals surface area (Å²) in [5.41, 5.74) is -5.50.